The van der Waals surface area contributed by atoms with Gasteiger partial charge in [-0.05, 0) is 31.2 Å². The number of rotatable bonds is 4. The molecule has 5 heteroatoms. The van der Waals surface area contributed by atoms with Gasteiger partial charge >= 0.3 is 5.97 Å². The maximum atomic E-state index is 13.7. The third kappa shape index (κ3) is 3.35. The molecule has 20 heavy (non-hydrogen) atoms. The number of halogens is 1. The maximum Gasteiger partial charge on any atom is 0.338 e. The summed E-state index contributed by atoms with van der Waals surface area (Å²) in [5.74, 6) is -1.88. The van der Waals surface area contributed by atoms with E-state index >= 15 is 0 Å². The van der Waals surface area contributed by atoms with Gasteiger partial charge in [0.05, 0.1) is 5.56 Å². The van der Waals surface area contributed by atoms with Crippen molar-refractivity contribution in [3.05, 3.63) is 35.1 Å². The van der Waals surface area contributed by atoms with Gasteiger partial charge in [-0.3, -0.25) is 4.90 Å². The first-order valence-electron chi connectivity index (χ1n) is 6.95. The van der Waals surface area contributed by atoms with Gasteiger partial charge in [0.2, 0.25) is 0 Å². The molecule has 1 unspecified atom stereocenters. The minimum absolute atomic E-state index is 0.265. The summed E-state index contributed by atoms with van der Waals surface area (Å²) < 4.78 is 13.7. The highest BCUT2D eigenvalue weighted by Crippen LogP contribution is 2.16. The number of carboxylic acids is 1. The highest BCUT2D eigenvalue weighted by molar-refractivity contribution is 5.87. The summed E-state index contributed by atoms with van der Waals surface area (Å²) in [6.45, 7) is 5.77. The lowest BCUT2D eigenvalue weighted by atomic mass is 10.1. The second kappa shape index (κ2) is 6.33. The van der Waals surface area contributed by atoms with Gasteiger partial charge in [0.25, 0.3) is 0 Å². The predicted octanol–water partition coefficient (Wildman–Crippen LogP) is 2.05. The highest BCUT2D eigenvalue weighted by Gasteiger charge is 2.23. The number of aromatic carboxylic acids is 1. The SMILES string of the molecule is CCC1CN(Cc2ccc(C(=O)O)c(F)c2)CCN1C. The molecule has 2 rings (SSSR count). The molecule has 0 radical (unpaired) electrons. The van der Waals surface area contributed by atoms with E-state index in [0.717, 1.165) is 31.6 Å². The summed E-state index contributed by atoms with van der Waals surface area (Å²) in [5.41, 5.74) is 0.561. The number of nitrogens with zero attached hydrogens (tertiary/aromatic N) is 2. The molecular formula is C15H21FN2O2. The zero-order valence-corrected chi connectivity index (χ0v) is 12.0. The number of carboxylic acid groups (broad SMARTS) is 1. The summed E-state index contributed by atoms with van der Waals surface area (Å²) in [7, 11) is 2.13. The Morgan fingerprint density at radius 2 is 2.20 bits per heavy atom. The minimum atomic E-state index is -1.22. The van der Waals surface area contributed by atoms with Gasteiger partial charge in [-0.15, -0.1) is 0 Å². The average Bonchev–Trinajstić information content (AvgIpc) is 2.40. The van der Waals surface area contributed by atoms with Crippen molar-refractivity contribution in [3.63, 3.8) is 0 Å². The van der Waals surface area contributed by atoms with Crippen LogP contribution >= 0.6 is 0 Å². The lowest BCUT2D eigenvalue weighted by Crippen LogP contribution is -2.50. The zero-order valence-electron chi connectivity index (χ0n) is 12.0. The molecule has 0 spiro atoms. The Morgan fingerprint density at radius 1 is 1.45 bits per heavy atom. The molecule has 1 aromatic rings. The topological polar surface area (TPSA) is 43.8 Å². The van der Waals surface area contributed by atoms with Crippen LogP contribution in [-0.2, 0) is 6.54 Å². The van der Waals surface area contributed by atoms with E-state index in [-0.39, 0.29) is 5.56 Å². The van der Waals surface area contributed by atoms with Crippen LogP contribution in [-0.4, -0.2) is 53.6 Å². The molecule has 0 bridgehead atoms. The molecule has 1 aliphatic heterocycles. The van der Waals surface area contributed by atoms with Crippen LogP contribution in [0, 0.1) is 5.82 Å². The van der Waals surface area contributed by atoms with Crippen molar-refractivity contribution in [2.75, 3.05) is 26.7 Å². The molecule has 1 saturated heterocycles. The average molecular weight is 280 g/mol. The molecular weight excluding hydrogens is 259 g/mol. The van der Waals surface area contributed by atoms with E-state index in [2.05, 4.69) is 23.8 Å². The van der Waals surface area contributed by atoms with Gasteiger partial charge in [0, 0.05) is 32.2 Å². The zero-order chi connectivity index (χ0) is 14.7. The monoisotopic (exact) mass is 280 g/mol. The first kappa shape index (κ1) is 14.9. The first-order valence-corrected chi connectivity index (χ1v) is 6.95. The second-order valence-electron chi connectivity index (χ2n) is 5.40. The van der Waals surface area contributed by atoms with Crippen molar-refractivity contribution in [2.24, 2.45) is 0 Å². The molecule has 0 amide bonds. The van der Waals surface area contributed by atoms with E-state index in [1.807, 2.05) is 0 Å². The number of hydrogen-bond acceptors (Lipinski definition) is 3. The molecule has 0 aromatic heterocycles. The maximum absolute atomic E-state index is 13.7. The van der Waals surface area contributed by atoms with Crippen molar-refractivity contribution in [2.45, 2.75) is 25.9 Å². The molecule has 0 aliphatic carbocycles. The molecule has 110 valence electrons. The smallest absolute Gasteiger partial charge is 0.338 e. The Balaban J connectivity index is 2.03. The van der Waals surface area contributed by atoms with Crippen LogP contribution in [0.1, 0.15) is 29.3 Å². The summed E-state index contributed by atoms with van der Waals surface area (Å²) >= 11 is 0. The Bertz CT molecular complexity index is 493. The molecule has 1 N–H and O–H groups in total. The second-order valence-corrected chi connectivity index (χ2v) is 5.40. The van der Waals surface area contributed by atoms with Crippen molar-refractivity contribution >= 4 is 5.97 Å². The van der Waals surface area contributed by atoms with Crippen LogP contribution < -0.4 is 0 Å². The van der Waals surface area contributed by atoms with Crippen molar-refractivity contribution < 1.29 is 14.3 Å². The summed E-state index contributed by atoms with van der Waals surface area (Å²) in [5, 5.41) is 8.82. The molecule has 1 fully saturated rings. The Kier molecular flexibility index (Phi) is 4.73. The molecule has 1 aliphatic rings. The fourth-order valence-electron chi connectivity index (χ4n) is 2.68. The van der Waals surface area contributed by atoms with Crippen LogP contribution in [0.4, 0.5) is 4.39 Å². The Labute approximate surface area is 118 Å². The van der Waals surface area contributed by atoms with Crippen LogP contribution in [0.25, 0.3) is 0 Å². The summed E-state index contributed by atoms with van der Waals surface area (Å²) in [6.07, 6.45) is 1.10. The number of piperazine rings is 1. The predicted molar refractivity (Wildman–Crippen MR) is 75.3 cm³/mol. The van der Waals surface area contributed by atoms with Gasteiger partial charge in [-0.1, -0.05) is 13.0 Å². The number of benzene rings is 1. The van der Waals surface area contributed by atoms with E-state index < -0.39 is 11.8 Å². The van der Waals surface area contributed by atoms with Crippen LogP contribution in [0.3, 0.4) is 0 Å². The fourth-order valence-corrected chi connectivity index (χ4v) is 2.68. The summed E-state index contributed by atoms with van der Waals surface area (Å²) in [6, 6.07) is 4.92. The third-order valence-corrected chi connectivity index (χ3v) is 4.00. The number of hydrogen-bond donors (Lipinski definition) is 1. The van der Waals surface area contributed by atoms with Crippen LogP contribution in [0.15, 0.2) is 18.2 Å². The van der Waals surface area contributed by atoms with Gasteiger partial charge in [0.1, 0.15) is 5.82 Å². The third-order valence-electron chi connectivity index (χ3n) is 4.00. The molecule has 1 heterocycles. The van der Waals surface area contributed by atoms with E-state index in [9.17, 15) is 9.18 Å². The largest absolute Gasteiger partial charge is 0.478 e. The Morgan fingerprint density at radius 3 is 2.80 bits per heavy atom. The lowest BCUT2D eigenvalue weighted by molar-refractivity contribution is 0.0691. The van der Waals surface area contributed by atoms with E-state index in [0.29, 0.717) is 12.6 Å². The van der Waals surface area contributed by atoms with E-state index in [1.165, 1.54) is 12.1 Å². The van der Waals surface area contributed by atoms with E-state index in [1.54, 1.807) is 6.07 Å². The fraction of sp³-hybridized carbons (Fsp3) is 0.533. The molecule has 1 atom stereocenters. The molecule has 1 aromatic carbocycles. The first-order chi connectivity index (χ1) is 9.51. The minimum Gasteiger partial charge on any atom is -0.478 e. The number of carbonyl (C=O) groups is 1. The standard InChI is InChI=1S/C15H21FN2O2/c1-3-12-10-18(7-6-17(12)2)9-11-4-5-13(15(19)20)14(16)8-11/h4-5,8,12H,3,6-7,9-10H2,1-2H3,(H,19,20). The van der Waals surface area contributed by atoms with Gasteiger partial charge < -0.3 is 10.0 Å². The molecule has 0 saturated carbocycles. The Hall–Kier alpha value is -1.46. The van der Waals surface area contributed by atoms with Gasteiger partial charge in [-0.2, -0.15) is 0 Å². The van der Waals surface area contributed by atoms with Crippen molar-refractivity contribution in [1.82, 2.24) is 9.80 Å². The van der Waals surface area contributed by atoms with Crippen LogP contribution in [0.5, 0.6) is 0 Å². The molecule has 4 nitrogen and oxygen atoms in total. The normalized spacial score (nSPS) is 21.1. The van der Waals surface area contributed by atoms with Crippen molar-refractivity contribution in [3.8, 4) is 0 Å². The summed E-state index contributed by atoms with van der Waals surface area (Å²) in [4.78, 5) is 15.4. The van der Waals surface area contributed by atoms with Gasteiger partial charge in [0.15, 0.2) is 0 Å². The highest BCUT2D eigenvalue weighted by atomic mass is 19.1. The number of likely N-dealkylation sites (N-methyl/N-ethyl adjacent to an activating group) is 1. The van der Waals surface area contributed by atoms with Gasteiger partial charge in [-0.25, -0.2) is 9.18 Å². The lowest BCUT2D eigenvalue weighted by Gasteiger charge is -2.39. The van der Waals surface area contributed by atoms with E-state index in [4.69, 9.17) is 5.11 Å². The van der Waals surface area contributed by atoms with Crippen LogP contribution in [0.2, 0.25) is 0 Å². The van der Waals surface area contributed by atoms with Crippen molar-refractivity contribution in [1.29, 1.82) is 0 Å². The quantitative estimate of drug-likeness (QED) is 0.916.